The van der Waals surface area contributed by atoms with Crippen molar-refractivity contribution in [3.05, 3.63) is 47.9 Å². The van der Waals surface area contributed by atoms with Crippen LogP contribution < -0.4 is 0 Å². The molecule has 2 amide bonds. The SMILES string of the molecule is Cn1ccc2c(-c3nccc4c3CN(C(=O)O)C4=O)ccnc21. The number of carbonyl (C=O) groups is 2. The number of rotatable bonds is 1. The van der Waals surface area contributed by atoms with Crippen molar-refractivity contribution in [2.45, 2.75) is 6.54 Å². The summed E-state index contributed by atoms with van der Waals surface area (Å²) in [5.74, 6) is -0.505. The molecule has 0 saturated carbocycles. The maximum absolute atomic E-state index is 12.2. The second-order valence-electron chi connectivity index (χ2n) is 5.38. The highest BCUT2D eigenvalue weighted by atomic mass is 16.4. The molecule has 7 nitrogen and oxygen atoms in total. The Bertz CT molecular complexity index is 977. The predicted octanol–water partition coefficient (Wildman–Crippen LogP) is 2.27. The molecule has 114 valence electrons. The fourth-order valence-corrected chi connectivity index (χ4v) is 2.99. The minimum absolute atomic E-state index is 0.0172. The zero-order valence-corrected chi connectivity index (χ0v) is 12.2. The van der Waals surface area contributed by atoms with Crippen molar-refractivity contribution in [2.75, 3.05) is 0 Å². The van der Waals surface area contributed by atoms with Crippen LogP contribution in [0.2, 0.25) is 0 Å². The second kappa shape index (κ2) is 4.64. The van der Waals surface area contributed by atoms with Gasteiger partial charge in [0.2, 0.25) is 0 Å². The normalized spacial score (nSPS) is 13.6. The van der Waals surface area contributed by atoms with Gasteiger partial charge in [0, 0.05) is 47.7 Å². The lowest BCUT2D eigenvalue weighted by Crippen LogP contribution is -2.29. The molecule has 0 radical (unpaired) electrons. The molecule has 0 bridgehead atoms. The van der Waals surface area contributed by atoms with E-state index in [2.05, 4.69) is 9.97 Å². The van der Waals surface area contributed by atoms with Crippen LogP contribution in [0.15, 0.2) is 36.8 Å². The van der Waals surface area contributed by atoms with Gasteiger partial charge in [-0.15, -0.1) is 0 Å². The Balaban J connectivity index is 1.96. The third-order valence-electron chi connectivity index (χ3n) is 4.10. The van der Waals surface area contributed by atoms with Gasteiger partial charge in [-0.1, -0.05) is 0 Å². The third-order valence-corrected chi connectivity index (χ3v) is 4.10. The van der Waals surface area contributed by atoms with Crippen molar-refractivity contribution in [3.8, 4) is 11.3 Å². The maximum atomic E-state index is 12.2. The molecule has 4 rings (SSSR count). The van der Waals surface area contributed by atoms with Crippen LogP contribution >= 0.6 is 0 Å². The molecule has 1 aliphatic heterocycles. The van der Waals surface area contributed by atoms with Gasteiger partial charge in [0.25, 0.3) is 5.91 Å². The second-order valence-corrected chi connectivity index (χ2v) is 5.38. The van der Waals surface area contributed by atoms with Crippen molar-refractivity contribution in [1.82, 2.24) is 19.4 Å². The number of aromatic nitrogens is 3. The Morgan fingerprint density at radius 2 is 1.91 bits per heavy atom. The summed E-state index contributed by atoms with van der Waals surface area (Å²) >= 11 is 0. The van der Waals surface area contributed by atoms with E-state index in [1.54, 1.807) is 12.3 Å². The zero-order chi connectivity index (χ0) is 16.1. The summed E-state index contributed by atoms with van der Waals surface area (Å²) in [6.45, 7) is 0.0172. The van der Waals surface area contributed by atoms with E-state index in [0.717, 1.165) is 21.5 Å². The smallest absolute Gasteiger partial charge is 0.414 e. The summed E-state index contributed by atoms with van der Waals surface area (Å²) in [6.07, 6.45) is 3.87. The molecule has 4 heterocycles. The Morgan fingerprint density at radius 3 is 2.70 bits per heavy atom. The van der Waals surface area contributed by atoms with Gasteiger partial charge in [-0.25, -0.2) is 14.7 Å². The average molecular weight is 308 g/mol. The summed E-state index contributed by atoms with van der Waals surface area (Å²) in [5.41, 5.74) is 3.29. The zero-order valence-electron chi connectivity index (χ0n) is 12.2. The van der Waals surface area contributed by atoms with Gasteiger partial charge in [-0.3, -0.25) is 9.78 Å². The van der Waals surface area contributed by atoms with E-state index in [9.17, 15) is 9.59 Å². The van der Waals surface area contributed by atoms with Crippen molar-refractivity contribution >= 4 is 23.0 Å². The quantitative estimate of drug-likeness (QED) is 0.745. The maximum Gasteiger partial charge on any atom is 0.414 e. The molecule has 0 aliphatic carbocycles. The fraction of sp³-hybridized carbons (Fsp3) is 0.125. The number of pyridine rings is 2. The first-order valence-corrected chi connectivity index (χ1v) is 7.01. The number of nitrogens with zero attached hydrogens (tertiary/aromatic N) is 4. The summed E-state index contributed by atoms with van der Waals surface area (Å²) in [7, 11) is 1.90. The molecule has 0 aromatic carbocycles. The van der Waals surface area contributed by atoms with Crippen LogP contribution in [-0.4, -0.2) is 36.5 Å². The molecule has 0 saturated heterocycles. The topological polar surface area (TPSA) is 88.3 Å². The van der Waals surface area contributed by atoms with Crippen molar-refractivity contribution in [1.29, 1.82) is 0 Å². The molecule has 1 N–H and O–H groups in total. The largest absolute Gasteiger partial charge is 0.465 e. The minimum Gasteiger partial charge on any atom is -0.465 e. The number of fused-ring (bicyclic) bond motifs is 2. The molecule has 3 aromatic rings. The van der Waals surface area contributed by atoms with Crippen LogP contribution in [0.25, 0.3) is 22.3 Å². The summed E-state index contributed by atoms with van der Waals surface area (Å²) in [5, 5.41) is 10.1. The van der Waals surface area contributed by atoms with E-state index in [-0.39, 0.29) is 6.54 Å². The van der Waals surface area contributed by atoms with Crippen LogP contribution in [0, 0.1) is 0 Å². The lowest BCUT2D eigenvalue weighted by Gasteiger charge is -2.09. The molecular weight excluding hydrogens is 296 g/mol. The number of hydrogen-bond acceptors (Lipinski definition) is 4. The summed E-state index contributed by atoms with van der Waals surface area (Å²) in [6, 6.07) is 5.33. The summed E-state index contributed by atoms with van der Waals surface area (Å²) < 4.78 is 1.90. The molecule has 0 atom stereocenters. The molecule has 3 aromatic heterocycles. The van der Waals surface area contributed by atoms with Crippen molar-refractivity contribution in [2.24, 2.45) is 7.05 Å². The molecule has 7 heteroatoms. The van der Waals surface area contributed by atoms with Gasteiger partial charge in [-0.05, 0) is 18.2 Å². The Hall–Kier alpha value is -3.22. The van der Waals surface area contributed by atoms with E-state index < -0.39 is 12.0 Å². The lowest BCUT2D eigenvalue weighted by atomic mass is 10.0. The van der Waals surface area contributed by atoms with Crippen LogP contribution in [0.3, 0.4) is 0 Å². The van der Waals surface area contributed by atoms with Gasteiger partial charge in [0.1, 0.15) is 5.65 Å². The van der Waals surface area contributed by atoms with Crippen molar-refractivity contribution < 1.29 is 14.7 Å². The molecule has 23 heavy (non-hydrogen) atoms. The minimum atomic E-state index is -1.25. The molecule has 0 spiro atoms. The number of imide groups is 1. The molecule has 0 unspecified atom stereocenters. The van der Waals surface area contributed by atoms with Crippen molar-refractivity contribution in [3.63, 3.8) is 0 Å². The Labute approximate surface area is 130 Å². The van der Waals surface area contributed by atoms with E-state index in [1.807, 2.05) is 29.9 Å². The first-order valence-electron chi connectivity index (χ1n) is 7.01. The lowest BCUT2D eigenvalue weighted by molar-refractivity contribution is 0.0764. The highest BCUT2D eigenvalue weighted by molar-refractivity contribution is 6.07. The number of carboxylic acid groups (broad SMARTS) is 1. The standard InChI is InChI=1S/C16H12N4O3/c1-19-7-4-10-9(2-6-18-14(10)19)13-12-8-20(16(22)23)15(21)11(12)3-5-17-13/h2-7H,8H2,1H3,(H,22,23). The van der Waals surface area contributed by atoms with E-state index in [1.165, 1.54) is 6.20 Å². The van der Waals surface area contributed by atoms with Crippen LogP contribution in [0.1, 0.15) is 15.9 Å². The van der Waals surface area contributed by atoms with E-state index in [0.29, 0.717) is 16.8 Å². The van der Waals surface area contributed by atoms with Crippen LogP contribution in [0.5, 0.6) is 0 Å². The monoisotopic (exact) mass is 308 g/mol. The van der Waals surface area contributed by atoms with E-state index >= 15 is 0 Å². The van der Waals surface area contributed by atoms with E-state index in [4.69, 9.17) is 5.11 Å². The van der Waals surface area contributed by atoms with Crippen LogP contribution in [-0.2, 0) is 13.6 Å². The van der Waals surface area contributed by atoms with Gasteiger partial charge in [0.15, 0.2) is 0 Å². The number of amides is 2. The highest BCUT2D eigenvalue weighted by Gasteiger charge is 2.34. The first-order chi connectivity index (χ1) is 11.1. The van der Waals surface area contributed by atoms with Crippen LogP contribution in [0.4, 0.5) is 4.79 Å². The molecule has 0 fully saturated rings. The molecule has 1 aliphatic rings. The van der Waals surface area contributed by atoms with Gasteiger partial charge in [0.05, 0.1) is 12.2 Å². The number of aryl methyl sites for hydroxylation is 1. The first kappa shape index (κ1) is 13.4. The summed E-state index contributed by atoms with van der Waals surface area (Å²) in [4.78, 5) is 33.0. The highest BCUT2D eigenvalue weighted by Crippen LogP contribution is 2.34. The Morgan fingerprint density at radius 1 is 1.17 bits per heavy atom. The predicted molar refractivity (Wildman–Crippen MR) is 81.8 cm³/mol. The Kier molecular flexibility index (Phi) is 2.71. The van der Waals surface area contributed by atoms with Gasteiger partial charge < -0.3 is 9.67 Å². The van der Waals surface area contributed by atoms with Gasteiger partial charge >= 0.3 is 6.09 Å². The fourth-order valence-electron chi connectivity index (χ4n) is 2.99. The third kappa shape index (κ3) is 1.83. The number of hydrogen-bond donors (Lipinski definition) is 1. The molecular formula is C16H12N4O3. The van der Waals surface area contributed by atoms with Gasteiger partial charge in [-0.2, -0.15) is 0 Å². The number of carbonyl (C=O) groups excluding carboxylic acids is 1. The average Bonchev–Trinajstić information content (AvgIpc) is 3.09.